The van der Waals surface area contributed by atoms with Gasteiger partial charge in [0.2, 0.25) is 0 Å². The van der Waals surface area contributed by atoms with E-state index in [1.165, 1.54) is 6.42 Å². The van der Waals surface area contributed by atoms with Crippen LogP contribution >= 0.6 is 11.8 Å². The second-order valence-electron chi connectivity index (χ2n) is 6.47. The van der Waals surface area contributed by atoms with Gasteiger partial charge in [-0.3, -0.25) is 4.90 Å². The maximum atomic E-state index is 12.9. The smallest absolute Gasteiger partial charge is 0.327 e. The molecular weight excluding hydrogens is 288 g/mol. The van der Waals surface area contributed by atoms with Crippen molar-refractivity contribution < 1.29 is 14.7 Å². The number of aliphatic carboxylic acids is 1. The van der Waals surface area contributed by atoms with Gasteiger partial charge in [-0.1, -0.05) is 13.3 Å². The lowest BCUT2D eigenvalue weighted by atomic mass is 9.96. The third-order valence-electron chi connectivity index (χ3n) is 4.93. The van der Waals surface area contributed by atoms with Gasteiger partial charge in [-0.05, 0) is 37.5 Å². The molecule has 2 aliphatic heterocycles. The molecule has 1 saturated carbocycles. The number of carbonyl (C=O) groups excluding carboxylic acids is 1. The second-order valence-corrected chi connectivity index (χ2v) is 7.62. The van der Waals surface area contributed by atoms with Gasteiger partial charge in [0.05, 0.1) is 5.37 Å². The summed E-state index contributed by atoms with van der Waals surface area (Å²) in [6.45, 7) is 3.73. The van der Waals surface area contributed by atoms with Crippen LogP contribution in [0, 0.1) is 11.8 Å². The van der Waals surface area contributed by atoms with E-state index in [9.17, 15) is 14.7 Å². The maximum Gasteiger partial charge on any atom is 0.327 e. The predicted molar refractivity (Wildman–Crippen MR) is 82.2 cm³/mol. The molecule has 3 unspecified atom stereocenters. The highest BCUT2D eigenvalue weighted by atomic mass is 32.2. The van der Waals surface area contributed by atoms with Crippen LogP contribution in [-0.4, -0.2) is 57.2 Å². The molecule has 118 valence electrons. The van der Waals surface area contributed by atoms with Crippen molar-refractivity contribution >= 4 is 23.8 Å². The van der Waals surface area contributed by atoms with Gasteiger partial charge in [-0.25, -0.2) is 9.59 Å². The molecule has 0 aromatic heterocycles. The lowest BCUT2D eigenvalue weighted by Crippen LogP contribution is -2.54. The Morgan fingerprint density at radius 3 is 2.67 bits per heavy atom. The molecule has 5 nitrogen and oxygen atoms in total. The highest BCUT2D eigenvalue weighted by Crippen LogP contribution is 2.46. The zero-order valence-corrected chi connectivity index (χ0v) is 13.3. The number of hydrogen-bond acceptors (Lipinski definition) is 3. The van der Waals surface area contributed by atoms with E-state index in [2.05, 4.69) is 6.92 Å². The summed E-state index contributed by atoms with van der Waals surface area (Å²) < 4.78 is 0. The molecule has 0 radical (unpaired) electrons. The number of piperidine rings is 1. The molecule has 1 N–H and O–H groups in total. The molecule has 3 aliphatic rings. The van der Waals surface area contributed by atoms with Crippen LogP contribution in [0.15, 0.2) is 0 Å². The van der Waals surface area contributed by atoms with Gasteiger partial charge in [0.15, 0.2) is 0 Å². The van der Waals surface area contributed by atoms with Crippen LogP contribution in [-0.2, 0) is 4.79 Å². The van der Waals surface area contributed by atoms with Crippen molar-refractivity contribution in [2.45, 2.75) is 50.4 Å². The van der Waals surface area contributed by atoms with Gasteiger partial charge in [-0.15, -0.1) is 11.8 Å². The number of amides is 2. The van der Waals surface area contributed by atoms with Crippen LogP contribution in [0.4, 0.5) is 4.79 Å². The fourth-order valence-corrected chi connectivity index (χ4v) is 5.06. The van der Waals surface area contributed by atoms with Gasteiger partial charge >= 0.3 is 12.0 Å². The van der Waals surface area contributed by atoms with Crippen molar-refractivity contribution in [3.05, 3.63) is 0 Å². The second kappa shape index (κ2) is 6.07. The highest BCUT2D eigenvalue weighted by molar-refractivity contribution is 8.00. The summed E-state index contributed by atoms with van der Waals surface area (Å²) >= 11 is 1.65. The minimum absolute atomic E-state index is 0.0394. The van der Waals surface area contributed by atoms with Crippen LogP contribution in [0.25, 0.3) is 0 Å². The first kappa shape index (κ1) is 15.0. The summed E-state index contributed by atoms with van der Waals surface area (Å²) in [5.74, 6) is 0.756. The molecule has 1 aliphatic carbocycles. The predicted octanol–water partition coefficient (Wildman–Crippen LogP) is 2.47. The Hall–Kier alpha value is -0.910. The molecule has 3 atom stereocenters. The molecule has 2 saturated heterocycles. The standard InChI is InChI=1S/C15H24N2O3S/c1-2-10-4-3-7-16(8-10)15(20)17-12(14(18)19)9-21-13(17)11-5-6-11/h10-13H,2-9H2,1H3,(H,18,19). The number of nitrogens with zero attached hydrogens (tertiary/aromatic N) is 2. The van der Waals surface area contributed by atoms with Gasteiger partial charge < -0.3 is 10.0 Å². The largest absolute Gasteiger partial charge is 0.480 e. The molecule has 0 aromatic carbocycles. The molecule has 3 fully saturated rings. The number of carboxylic acid groups (broad SMARTS) is 1. The lowest BCUT2D eigenvalue weighted by molar-refractivity contribution is -0.141. The first-order valence-corrected chi connectivity index (χ1v) is 9.08. The van der Waals surface area contributed by atoms with Crippen molar-refractivity contribution in [2.75, 3.05) is 18.8 Å². The summed E-state index contributed by atoms with van der Waals surface area (Å²) in [4.78, 5) is 28.0. The molecular formula is C15H24N2O3S. The molecule has 3 rings (SSSR count). The average Bonchev–Trinajstić information content (AvgIpc) is 3.24. The Morgan fingerprint density at radius 1 is 1.29 bits per heavy atom. The molecule has 2 amide bonds. The first-order valence-electron chi connectivity index (χ1n) is 8.03. The summed E-state index contributed by atoms with van der Waals surface area (Å²) in [6.07, 6.45) is 5.57. The summed E-state index contributed by atoms with van der Waals surface area (Å²) in [5.41, 5.74) is 0. The van der Waals surface area contributed by atoms with Crippen molar-refractivity contribution in [1.29, 1.82) is 0 Å². The molecule has 6 heteroatoms. The van der Waals surface area contributed by atoms with E-state index in [-0.39, 0.29) is 11.4 Å². The number of hydrogen-bond donors (Lipinski definition) is 1. The summed E-state index contributed by atoms with van der Waals surface area (Å²) in [5, 5.41) is 9.51. The minimum atomic E-state index is -0.858. The Morgan fingerprint density at radius 2 is 2.05 bits per heavy atom. The fraction of sp³-hybridized carbons (Fsp3) is 0.867. The summed E-state index contributed by atoms with van der Waals surface area (Å²) in [6, 6.07) is -0.683. The van der Waals surface area contributed by atoms with E-state index in [1.807, 2.05) is 4.90 Å². The van der Waals surface area contributed by atoms with Crippen molar-refractivity contribution in [3.8, 4) is 0 Å². The Labute approximate surface area is 130 Å². The third kappa shape index (κ3) is 3.00. The zero-order valence-electron chi connectivity index (χ0n) is 12.5. The topological polar surface area (TPSA) is 60.9 Å². The molecule has 0 bridgehead atoms. The quantitative estimate of drug-likeness (QED) is 0.869. The number of carboxylic acids is 1. The molecule has 0 spiro atoms. The molecule has 2 heterocycles. The van der Waals surface area contributed by atoms with Crippen molar-refractivity contribution in [2.24, 2.45) is 11.8 Å². The van der Waals surface area contributed by atoms with Crippen LogP contribution in [0.1, 0.15) is 39.0 Å². The van der Waals surface area contributed by atoms with Crippen LogP contribution in [0.2, 0.25) is 0 Å². The van der Waals surface area contributed by atoms with Crippen molar-refractivity contribution in [1.82, 2.24) is 9.80 Å². The van der Waals surface area contributed by atoms with E-state index in [1.54, 1.807) is 16.7 Å². The number of rotatable bonds is 3. The third-order valence-corrected chi connectivity index (χ3v) is 6.39. The Balaban J connectivity index is 1.74. The Bertz CT molecular complexity index is 427. The lowest BCUT2D eigenvalue weighted by Gasteiger charge is -2.38. The monoisotopic (exact) mass is 312 g/mol. The fourth-order valence-electron chi connectivity index (χ4n) is 3.44. The summed E-state index contributed by atoms with van der Waals surface area (Å²) in [7, 11) is 0. The Kier molecular flexibility index (Phi) is 4.33. The van der Waals surface area contributed by atoms with Crippen LogP contribution < -0.4 is 0 Å². The number of carbonyl (C=O) groups is 2. The van der Waals surface area contributed by atoms with E-state index in [4.69, 9.17) is 0 Å². The van der Waals surface area contributed by atoms with E-state index in [0.717, 1.165) is 38.8 Å². The average molecular weight is 312 g/mol. The van der Waals surface area contributed by atoms with Crippen molar-refractivity contribution in [3.63, 3.8) is 0 Å². The van der Waals surface area contributed by atoms with E-state index < -0.39 is 12.0 Å². The van der Waals surface area contributed by atoms with Gasteiger partial charge in [0.1, 0.15) is 6.04 Å². The van der Waals surface area contributed by atoms with Gasteiger partial charge in [0, 0.05) is 18.8 Å². The van der Waals surface area contributed by atoms with E-state index >= 15 is 0 Å². The normalized spacial score (nSPS) is 33.3. The maximum absolute atomic E-state index is 12.9. The number of likely N-dealkylation sites (tertiary alicyclic amines) is 1. The molecule has 0 aromatic rings. The first-order chi connectivity index (χ1) is 10.1. The van der Waals surface area contributed by atoms with E-state index in [0.29, 0.717) is 17.6 Å². The SMILES string of the molecule is CCC1CCCN(C(=O)N2C(C(=O)O)CSC2C2CC2)C1. The molecule has 21 heavy (non-hydrogen) atoms. The highest BCUT2D eigenvalue weighted by Gasteiger charge is 2.49. The number of thioether (sulfide) groups is 1. The zero-order chi connectivity index (χ0) is 15.0. The van der Waals surface area contributed by atoms with Crippen LogP contribution in [0.3, 0.4) is 0 Å². The van der Waals surface area contributed by atoms with Gasteiger partial charge in [0.25, 0.3) is 0 Å². The number of urea groups is 1. The van der Waals surface area contributed by atoms with Crippen LogP contribution in [0.5, 0.6) is 0 Å². The van der Waals surface area contributed by atoms with Gasteiger partial charge in [-0.2, -0.15) is 0 Å². The minimum Gasteiger partial charge on any atom is -0.480 e.